The average Bonchev–Trinajstić information content (AvgIpc) is 2.32. The standard InChI is InChI=1S/C14H26N2O3/c1-5-11(13(18)19)16-12(17)9-6-7-10(15)8(2)14(9,3)4/h8-11H,5-7,15H2,1-4H3,(H,16,17)(H,18,19)/t8?,9?,10?,11-/m1/s1. The fourth-order valence-corrected chi connectivity index (χ4v) is 2.93. The molecular formula is C14H26N2O3. The van der Waals surface area contributed by atoms with Gasteiger partial charge in [0.1, 0.15) is 6.04 Å². The molecule has 0 spiro atoms. The molecule has 1 rings (SSSR count). The highest BCUT2D eigenvalue weighted by atomic mass is 16.4. The molecule has 19 heavy (non-hydrogen) atoms. The normalized spacial score (nSPS) is 31.5. The summed E-state index contributed by atoms with van der Waals surface area (Å²) >= 11 is 0. The lowest BCUT2D eigenvalue weighted by atomic mass is 9.61. The Morgan fingerprint density at radius 1 is 1.42 bits per heavy atom. The summed E-state index contributed by atoms with van der Waals surface area (Å²) < 4.78 is 0. The van der Waals surface area contributed by atoms with Crippen LogP contribution in [0, 0.1) is 17.3 Å². The van der Waals surface area contributed by atoms with E-state index in [1.807, 2.05) is 13.8 Å². The number of carboxylic acids is 1. The zero-order chi connectivity index (χ0) is 14.8. The van der Waals surface area contributed by atoms with E-state index in [1.165, 1.54) is 0 Å². The number of hydrogen-bond donors (Lipinski definition) is 3. The number of amides is 1. The number of hydrogen-bond acceptors (Lipinski definition) is 3. The van der Waals surface area contributed by atoms with Gasteiger partial charge in [-0.1, -0.05) is 27.7 Å². The van der Waals surface area contributed by atoms with Gasteiger partial charge in [-0.25, -0.2) is 4.79 Å². The summed E-state index contributed by atoms with van der Waals surface area (Å²) in [6, 6.07) is -0.685. The third-order valence-electron chi connectivity index (χ3n) is 4.84. The number of aliphatic carboxylic acids is 1. The third-order valence-corrected chi connectivity index (χ3v) is 4.84. The van der Waals surface area contributed by atoms with Crippen LogP contribution in [-0.2, 0) is 9.59 Å². The lowest BCUT2D eigenvalue weighted by Gasteiger charge is -2.46. The summed E-state index contributed by atoms with van der Waals surface area (Å²) in [5.74, 6) is -1.06. The van der Waals surface area contributed by atoms with Gasteiger partial charge >= 0.3 is 5.97 Å². The Kier molecular flexibility index (Phi) is 4.96. The van der Waals surface area contributed by atoms with Gasteiger partial charge in [-0.15, -0.1) is 0 Å². The zero-order valence-electron chi connectivity index (χ0n) is 12.3. The second-order valence-corrected chi connectivity index (χ2v) is 6.21. The van der Waals surface area contributed by atoms with E-state index < -0.39 is 12.0 Å². The molecular weight excluding hydrogens is 244 g/mol. The van der Waals surface area contributed by atoms with E-state index >= 15 is 0 Å². The molecule has 0 aromatic rings. The highest BCUT2D eigenvalue weighted by molar-refractivity contribution is 5.85. The Balaban J connectivity index is 2.79. The molecule has 0 saturated heterocycles. The lowest BCUT2D eigenvalue weighted by Crippen LogP contribution is -2.53. The molecule has 110 valence electrons. The molecule has 5 nitrogen and oxygen atoms in total. The maximum Gasteiger partial charge on any atom is 0.326 e. The molecule has 1 aliphatic carbocycles. The van der Waals surface area contributed by atoms with Crippen LogP contribution in [-0.4, -0.2) is 29.1 Å². The first-order valence-electron chi connectivity index (χ1n) is 7.00. The van der Waals surface area contributed by atoms with Gasteiger partial charge in [-0.05, 0) is 30.6 Å². The third kappa shape index (κ3) is 3.26. The molecule has 0 aliphatic heterocycles. The number of carbonyl (C=O) groups excluding carboxylic acids is 1. The van der Waals surface area contributed by atoms with E-state index in [4.69, 9.17) is 10.8 Å². The van der Waals surface area contributed by atoms with Crippen LogP contribution in [0.1, 0.15) is 47.0 Å². The van der Waals surface area contributed by atoms with Crippen LogP contribution in [0.25, 0.3) is 0 Å². The number of nitrogens with one attached hydrogen (secondary N) is 1. The van der Waals surface area contributed by atoms with E-state index in [9.17, 15) is 9.59 Å². The molecule has 0 aromatic heterocycles. The Labute approximate surface area is 114 Å². The SMILES string of the molecule is CC[C@@H](NC(=O)C1CCC(N)C(C)C1(C)C)C(=O)O. The number of rotatable bonds is 4. The molecule has 4 atom stereocenters. The molecule has 4 N–H and O–H groups in total. The molecule has 0 radical (unpaired) electrons. The number of carboxylic acid groups (broad SMARTS) is 1. The van der Waals surface area contributed by atoms with Gasteiger partial charge in [-0.2, -0.15) is 0 Å². The molecule has 0 heterocycles. The summed E-state index contributed by atoms with van der Waals surface area (Å²) in [6.07, 6.45) is 1.93. The maximum absolute atomic E-state index is 12.3. The van der Waals surface area contributed by atoms with Crippen molar-refractivity contribution >= 4 is 11.9 Å². The van der Waals surface area contributed by atoms with Crippen molar-refractivity contribution in [2.75, 3.05) is 0 Å². The van der Waals surface area contributed by atoms with E-state index in [-0.39, 0.29) is 29.2 Å². The van der Waals surface area contributed by atoms with E-state index in [2.05, 4.69) is 12.2 Å². The van der Waals surface area contributed by atoms with Gasteiger partial charge in [0.25, 0.3) is 0 Å². The minimum atomic E-state index is -0.978. The minimum Gasteiger partial charge on any atom is -0.480 e. The van der Waals surface area contributed by atoms with Crippen LogP contribution in [0.5, 0.6) is 0 Å². The van der Waals surface area contributed by atoms with Crippen LogP contribution >= 0.6 is 0 Å². The van der Waals surface area contributed by atoms with Crippen molar-refractivity contribution in [2.24, 2.45) is 23.0 Å². The Morgan fingerprint density at radius 2 is 2.00 bits per heavy atom. The first-order chi connectivity index (χ1) is 8.71. The molecule has 1 saturated carbocycles. The summed E-state index contributed by atoms with van der Waals surface area (Å²) in [5, 5.41) is 11.7. The molecule has 5 heteroatoms. The Bertz CT molecular complexity index is 355. The molecule has 0 bridgehead atoms. The van der Waals surface area contributed by atoms with Crippen molar-refractivity contribution < 1.29 is 14.7 Å². The fourth-order valence-electron chi connectivity index (χ4n) is 2.93. The van der Waals surface area contributed by atoms with Crippen LogP contribution < -0.4 is 11.1 Å². The molecule has 1 fully saturated rings. The molecule has 3 unspecified atom stereocenters. The monoisotopic (exact) mass is 270 g/mol. The predicted octanol–water partition coefficient (Wildman–Crippen LogP) is 1.37. The van der Waals surface area contributed by atoms with Crippen LogP contribution in [0.2, 0.25) is 0 Å². The van der Waals surface area contributed by atoms with Gasteiger partial charge in [0.15, 0.2) is 0 Å². The Hall–Kier alpha value is -1.10. The van der Waals surface area contributed by atoms with Crippen LogP contribution in [0.3, 0.4) is 0 Å². The van der Waals surface area contributed by atoms with Crippen molar-refractivity contribution in [3.63, 3.8) is 0 Å². The van der Waals surface area contributed by atoms with E-state index in [0.29, 0.717) is 6.42 Å². The molecule has 1 amide bonds. The molecule has 0 aromatic carbocycles. The quantitative estimate of drug-likeness (QED) is 0.719. The minimum absolute atomic E-state index is 0.112. The van der Waals surface area contributed by atoms with Crippen molar-refractivity contribution in [3.05, 3.63) is 0 Å². The smallest absolute Gasteiger partial charge is 0.326 e. The van der Waals surface area contributed by atoms with Crippen molar-refractivity contribution in [1.82, 2.24) is 5.32 Å². The van der Waals surface area contributed by atoms with E-state index in [0.717, 1.165) is 12.8 Å². The topological polar surface area (TPSA) is 92.4 Å². The second-order valence-electron chi connectivity index (χ2n) is 6.21. The Morgan fingerprint density at radius 3 is 2.47 bits per heavy atom. The van der Waals surface area contributed by atoms with Crippen molar-refractivity contribution in [1.29, 1.82) is 0 Å². The van der Waals surface area contributed by atoms with Gasteiger partial charge in [0.05, 0.1) is 0 Å². The summed E-state index contributed by atoms with van der Waals surface area (Å²) in [4.78, 5) is 23.3. The maximum atomic E-state index is 12.3. The lowest BCUT2D eigenvalue weighted by molar-refractivity contribution is -0.144. The highest BCUT2D eigenvalue weighted by Crippen LogP contribution is 2.44. The summed E-state index contributed by atoms with van der Waals surface area (Å²) in [6.45, 7) is 7.91. The first-order valence-corrected chi connectivity index (χ1v) is 7.00. The molecule has 1 aliphatic rings. The number of carbonyl (C=O) groups is 2. The fraction of sp³-hybridized carbons (Fsp3) is 0.857. The first kappa shape index (κ1) is 16.0. The van der Waals surface area contributed by atoms with Crippen molar-refractivity contribution in [2.45, 2.75) is 59.0 Å². The zero-order valence-corrected chi connectivity index (χ0v) is 12.3. The van der Waals surface area contributed by atoms with Crippen LogP contribution in [0.15, 0.2) is 0 Å². The van der Waals surface area contributed by atoms with Gasteiger partial charge in [-0.3, -0.25) is 4.79 Å². The summed E-state index contributed by atoms with van der Waals surface area (Å²) in [7, 11) is 0. The van der Waals surface area contributed by atoms with Crippen molar-refractivity contribution in [3.8, 4) is 0 Å². The average molecular weight is 270 g/mol. The van der Waals surface area contributed by atoms with Crippen LogP contribution in [0.4, 0.5) is 0 Å². The highest BCUT2D eigenvalue weighted by Gasteiger charge is 2.45. The number of nitrogens with two attached hydrogens (primary N) is 1. The van der Waals surface area contributed by atoms with E-state index in [1.54, 1.807) is 6.92 Å². The second kappa shape index (κ2) is 5.90. The van der Waals surface area contributed by atoms with Gasteiger partial charge < -0.3 is 16.2 Å². The largest absolute Gasteiger partial charge is 0.480 e. The predicted molar refractivity (Wildman–Crippen MR) is 73.5 cm³/mol. The summed E-state index contributed by atoms with van der Waals surface area (Å²) in [5.41, 5.74) is 5.86. The van der Waals surface area contributed by atoms with Gasteiger partial charge in [0.2, 0.25) is 5.91 Å². The van der Waals surface area contributed by atoms with Gasteiger partial charge in [0, 0.05) is 12.0 Å².